The van der Waals surface area contributed by atoms with Crippen LogP contribution in [0.2, 0.25) is 0 Å². The molecule has 1 aliphatic carbocycles. The molecule has 0 atom stereocenters. The van der Waals surface area contributed by atoms with Gasteiger partial charge in [0.25, 0.3) is 0 Å². The molecule has 1 saturated carbocycles. The number of hydrogen-bond donors (Lipinski definition) is 0. The van der Waals surface area contributed by atoms with E-state index in [1.165, 1.54) is 6.20 Å². The summed E-state index contributed by atoms with van der Waals surface area (Å²) in [7, 11) is 1.66. The zero-order valence-electron chi connectivity index (χ0n) is 9.24. The maximum absolute atomic E-state index is 12.3. The average Bonchev–Trinajstić information content (AvgIpc) is 2.96. The summed E-state index contributed by atoms with van der Waals surface area (Å²) in [6.07, 6.45) is -1.36. The highest BCUT2D eigenvalue weighted by molar-refractivity contribution is 5.76. The van der Waals surface area contributed by atoms with E-state index >= 15 is 0 Å². The summed E-state index contributed by atoms with van der Waals surface area (Å²) in [5.74, 6) is -0.218. The van der Waals surface area contributed by atoms with E-state index in [1.807, 2.05) is 0 Å². The van der Waals surface area contributed by atoms with Gasteiger partial charge in [0.15, 0.2) is 5.69 Å². The van der Waals surface area contributed by atoms with Crippen molar-refractivity contribution in [3.63, 3.8) is 0 Å². The van der Waals surface area contributed by atoms with Crippen molar-refractivity contribution >= 4 is 5.91 Å². The zero-order chi connectivity index (χ0) is 12.6. The predicted molar refractivity (Wildman–Crippen MR) is 53.0 cm³/mol. The fraction of sp³-hybridized carbons (Fsp3) is 0.600. The molecule has 1 fully saturated rings. The lowest BCUT2D eigenvalue weighted by Crippen LogP contribution is -2.32. The fourth-order valence-corrected chi connectivity index (χ4v) is 1.52. The Balaban J connectivity index is 1.99. The normalized spacial score (nSPS) is 16.0. The lowest BCUT2D eigenvalue weighted by Gasteiger charge is -2.15. The molecule has 1 aromatic rings. The van der Waals surface area contributed by atoms with Crippen molar-refractivity contribution in [3.05, 3.63) is 18.0 Å². The number of carbonyl (C=O) groups excluding carboxylic acids is 1. The second-order valence-corrected chi connectivity index (χ2v) is 4.13. The van der Waals surface area contributed by atoms with Crippen LogP contribution in [0.1, 0.15) is 18.5 Å². The van der Waals surface area contributed by atoms with Crippen molar-refractivity contribution in [2.24, 2.45) is 0 Å². The van der Waals surface area contributed by atoms with Crippen molar-refractivity contribution in [3.8, 4) is 0 Å². The summed E-state index contributed by atoms with van der Waals surface area (Å²) in [5, 5.41) is 3.33. The fourth-order valence-electron chi connectivity index (χ4n) is 1.52. The predicted octanol–water partition coefficient (Wildman–Crippen LogP) is 1.52. The van der Waals surface area contributed by atoms with E-state index in [0.29, 0.717) is 0 Å². The van der Waals surface area contributed by atoms with Gasteiger partial charge in [0, 0.05) is 19.3 Å². The molecule has 0 saturated heterocycles. The van der Waals surface area contributed by atoms with Gasteiger partial charge in [-0.2, -0.15) is 18.3 Å². The molecule has 0 unspecified atom stereocenters. The van der Waals surface area contributed by atoms with Crippen LogP contribution in [0.4, 0.5) is 13.2 Å². The van der Waals surface area contributed by atoms with Gasteiger partial charge in [0.2, 0.25) is 5.91 Å². The number of rotatable bonds is 3. The molecule has 1 aromatic heterocycles. The van der Waals surface area contributed by atoms with E-state index in [4.69, 9.17) is 0 Å². The summed E-state index contributed by atoms with van der Waals surface area (Å²) in [4.78, 5) is 13.2. The first-order valence-electron chi connectivity index (χ1n) is 5.24. The standard InChI is InChI=1S/C10H12F3N3O/c1-15(7-2-3-7)9(17)6-16-5-4-8(14-16)10(11,12)13/h4-5,7H,2-3,6H2,1H3. The molecule has 0 N–H and O–H groups in total. The van der Waals surface area contributed by atoms with Gasteiger partial charge in [-0.25, -0.2) is 0 Å². The monoisotopic (exact) mass is 247 g/mol. The summed E-state index contributed by atoms with van der Waals surface area (Å²) in [5.41, 5.74) is -0.973. The van der Waals surface area contributed by atoms with Crippen molar-refractivity contribution in [1.82, 2.24) is 14.7 Å². The lowest BCUT2D eigenvalue weighted by molar-refractivity contribution is -0.142. The average molecular weight is 247 g/mol. The van der Waals surface area contributed by atoms with E-state index in [9.17, 15) is 18.0 Å². The molecule has 4 nitrogen and oxygen atoms in total. The minimum Gasteiger partial charge on any atom is -0.341 e. The summed E-state index contributed by atoms with van der Waals surface area (Å²) in [6.45, 7) is -0.150. The zero-order valence-corrected chi connectivity index (χ0v) is 9.24. The molecule has 1 amide bonds. The number of nitrogens with zero attached hydrogens (tertiary/aromatic N) is 3. The van der Waals surface area contributed by atoms with E-state index in [1.54, 1.807) is 11.9 Å². The molecule has 94 valence electrons. The van der Waals surface area contributed by atoms with Gasteiger partial charge in [0.1, 0.15) is 6.54 Å². The van der Waals surface area contributed by atoms with Crippen LogP contribution < -0.4 is 0 Å². The Morgan fingerprint density at radius 1 is 1.59 bits per heavy atom. The SMILES string of the molecule is CN(C(=O)Cn1ccc(C(F)(F)F)n1)C1CC1. The maximum Gasteiger partial charge on any atom is 0.435 e. The van der Waals surface area contributed by atoms with Crippen molar-refractivity contribution in [2.45, 2.75) is 31.6 Å². The van der Waals surface area contributed by atoms with Crippen LogP contribution in [0.3, 0.4) is 0 Å². The number of alkyl halides is 3. The third-order valence-electron chi connectivity index (χ3n) is 2.72. The Hall–Kier alpha value is -1.53. The van der Waals surface area contributed by atoms with Gasteiger partial charge >= 0.3 is 6.18 Å². The summed E-state index contributed by atoms with van der Waals surface area (Å²) in [6, 6.07) is 1.12. The van der Waals surface area contributed by atoms with Gasteiger partial charge in [-0.15, -0.1) is 0 Å². The van der Waals surface area contributed by atoms with E-state index in [2.05, 4.69) is 5.10 Å². The Morgan fingerprint density at radius 2 is 2.24 bits per heavy atom. The second kappa shape index (κ2) is 4.05. The van der Waals surface area contributed by atoms with Crippen molar-refractivity contribution in [1.29, 1.82) is 0 Å². The van der Waals surface area contributed by atoms with Crippen LogP contribution >= 0.6 is 0 Å². The van der Waals surface area contributed by atoms with Gasteiger partial charge in [0.05, 0.1) is 0 Å². The van der Waals surface area contributed by atoms with E-state index in [0.717, 1.165) is 23.6 Å². The van der Waals surface area contributed by atoms with Crippen LogP contribution in [-0.4, -0.2) is 33.7 Å². The maximum atomic E-state index is 12.3. The number of carbonyl (C=O) groups is 1. The van der Waals surface area contributed by atoms with Crippen LogP contribution in [0.25, 0.3) is 0 Å². The number of hydrogen-bond acceptors (Lipinski definition) is 2. The van der Waals surface area contributed by atoms with Crippen LogP contribution in [0.5, 0.6) is 0 Å². The minimum atomic E-state index is -4.46. The molecule has 0 aromatic carbocycles. The first kappa shape index (κ1) is 11.9. The third-order valence-corrected chi connectivity index (χ3v) is 2.72. The molecular formula is C10H12F3N3O. The molecule has 0 bridgehead atoms. The van der Waals surface area contributed by atoms with Gasteiger partial charge in [-0.3, -0.25) is 9.48 Å². The van der Waals surface area contributed by atoms with Crippen LogP contribution in [0.15, 0.2) is 12.3 Å². The molecule has 7 heteroatoms. The number of aromatic nitrogens is 2. The molecule has 1 heterocycles. The number of likely N-dealkylation sites (N-methyl/N-ethyl adjacent to an activating group) is 1. The Morgan fingerprint density at radius 3 is 2.71 bits per heavy atom. The summed E-state index contributed by atoms with van der Waals surface area (Å²) < 4.78 is 37.8. The smallest absolute Gasteiger partial charge is 0.341 e. The molecule has 0 aliphatic heterocycles. The second-order valence-electron chi connectivity index (χ2n) is 4.13. The largest absolute Gasteiger partial charge is 0.435 e. The Labute approximate surface area is 96.0 Å². The highest BCUT2D eigenvalue weighted by atomic mass is 19.4. The highest BCUT2D eigenvalue weighted by Crippen LogP contribution is 2.27. The highest BCUT2D eigenvalue weighted by Gasteiger charge is 2.34. The molecule has 1 aliphatic rings. The third kappa shape index (κ3) is 2.78. The van der Waals surface area contributed by atoms with Gasteiger partial charge in [-0.1, -0.05) is 0 Å². The molecular weight excluding hydrogens is 235 g/mol. The van der Waals surface area contributed by atoms with Crippen LogP contribution in [0, 0.1) is 0 Å². The van der Waals surface area contributed by atoms with Crippen LogP contribution in [-0.2, 0) is 17.5 Å². The molecule has 0 spiro atoms. The van der Waals surface area contributed by atoms with E-state index in [-0.39, 0.29) is 18.5 Å². The molecule has 2 rings (SSSR count). The minimum absolute atomic E-state index is 0.150. The first-order valence-corrected chi connectivity index (χ1v) is 5.24. The Bertz CT molecular complexity index is 423. The lowest BCUT2D eigenvalue weighted by atomic mass is 10.4. The first-order chi connectivity index (χ1) is 7.88. The van der Waals surface area contributed by atoms with Crippen molar-refractivity contribution < 1.29 is 18.0 Å². The quantitative estimate of drug-likeness (QED) is 0.812. The number of halogens is 3. The molecule has 0 radical (unpaired) electrons. The Kier molecular flexibility index (Phi) is 2.84. The topological polar surface area (TPSA) is 38.1 Å². The molecule has 17 heavy (non-hydrogen) atoms. The van der Waals surface area contributed by atoms with Crippen molar-refractivity contribution in [2.75, 3.05) is 7.05 Å². The number of amides is 1. The van der Waals surface area contributed by atoms with Gasteiger partial charge < -0.3 is 4.90 Å². The summed E-state index contributed by atoms with van der Waals surface area (Å²) >= 11 is 0. The van der Waals surface area contributed by atoms with E-state index < -0.39 is 11.9 Å². The van der Waals surface area contributed by atoms with Gasteiger partial charge in [-0.05, 0) is 18.9 Å².